The number of ether oxygens (including phenoxy) is 1. The van der Waals surface area contributed by atoms with Gasteiger partial charge in [-0.15, -0.1) is 0 Å². The molecule has 0 radical (unpaired) electrons. The number of nitrogens with one attached hydrogen (secondary N) is 1. The van der Waals surface area contributed by atoms with Crippen molar-refractivity contribution < 1.29 is 14.3 Å². The predicted molar refractivity (Wildman–Crippen MR) is 114 cm³/mol. The molecule has 2 amide bonds. The summed E-state index contributed by atoms with van der Waals surface area (Å²) in [7, 11) is 0. The van der Waals surface area contributed by atoms with Crippen LogP contribution in [0, 0.1) is 6.92 Å². The number of amides is 2. The zero-order valence-electron chi connectivity index (χ0n) is 17.3. The van der Waals surface area contributed by atoms with Gasteiger partial charge in [0, 0.05) is 12.6 Å². The molecule has 0 aromatic heterocycles. The quantitative estimate of drug-likeness (QED) is 0.740. The third-order valence-corrected chi connectivity index (χ3v) is 5.45. The minimum atomic E-state index is -0.565. The Kier molecular flexibility index (Phi) is 7.28. The third kappa shape index (κ3) is 6.08. The van der Waals surface area contributed by atoms with E-state index < -0.39 is 6.04 Å². The lowest BCUT2D eigenvalue weighted by Crippen LogP contribution is -2.50. The molecule has 1 atom stereocenters. The van der Waals surface area contributed by atoms with Gasteiger partial charge in [0.2, 0.25) is 5.91 Å². The van der Waals surface area contributed by atoms with Gasteiger partial charge in [0.15, 0.2) is 6.61 Å². The van der Waals surface area contributed by atoms with Crippen LogP contribution in [-0.4, -0.2) is 35.4 Å². The molecule has 0 heterocycles. The van der Waals surface area contributed by atoms with Crippen molar-refractivity contribution in [3.8, 4) is 5.75 Å². The maximum atomic E-state index is 13.0. The van der Waals surface area contributed by atoms with E-state index in [2.05, 4.69) is 5.32 Å². The van der Waals surface area contributed by atoms with Crippen LogP contribution in [-0.2, 0) is 16.1 Å². The number of benzene rings is 2. The van der Waals surface area contributed by atoms with Gasteiger partial charge >= 0.3 is 0 Å². The summed E-state index contributed by atoms with van der Waals surface area (Å²) in [5, 5.41) is 3.11. The van der Waals surface area contributed by atoms with E-state index in [4.69, 9.17) is 4.74 Å². The number of nitrogens with zero attached hydrogens (tertiary/aromatic N) is 1. The van der Waals surface area contributed by atoms with E-state index in [1.165, 1.54) is 0 Å². The smallest absolute Gasteiger partial charge is 0.261 e. The standard InChI is InChI=1S/C24H30N2O3/c1-18-12-14-22(15-13-18)29-17-23(27)26(16-20-8-4-3-5-9-20)19(2)24(28)25-21-10-6-7-11-21/h3-5,8-9,12-15,19,21H,6-7,10-11,16-17H2,1-2H3,(H,25,28)/t19-/m1/s1. The maximum Gasteiger partial charge on any atom is 0.261 e. The Balaban J connectivity index is 1.67. The van der Waals surface area contributed by atoms with Crippen molar-refractivity contribution in [2.75, 3.05) is 6.61 Å². The van der Waals surface area contributed by atoms with Crippen molar-refractivity contribution in [2.24, 2.45) is 0 Å². The molecule has 1 aliphatic carbocycles. The fraction of sp³-hybridized carbons (Fsp3) is 0.417. The second kappa shape index (κ2) is 10.1. The van der Waals surface area contributed by atoms with E-state index in [0.29, 0.717) is 12.3 Å². The molecule has 1 N–H and O–H groups in total. The first-order valence-corrected chi connectivity index (χ1v) is 10.4. The molecule has 29 heavy (non-hydrogen) atoms. The highest BCUT2D eigenvalue weighted by molar-refractivity contribution is 5.88. The summed E-state index contributed by atoms with van der Waals surface area (Å²) in [5.74, 6) is 0.340. The Hall–Kier alpha value is -2.82. The molecule has 2 aromatic carbocycles. The van der Waals surface area contributed by atoms with Crippen LogP contribution in [0.2, 0.25) is 0 Å². The van der Waals surface area contributed by atoms with Crippen molar-refractivity contribution in [1.82, 2.24) is 10.2 Å². The molecule has 1 aliphatic rings. The average Bonchev–Trinajstić information content (AvgIpc) is 3.24. The summed E-state index contributed by atoms with van der Waals surface area (Å²) in [5.41, 5.74) is 2.11. The Morgan fingerprint density at radius 3 is 2.38 bits per heavy atom. The molecule has 1 saturated carbocycles. The molecular formula is C24H30N2O3. The van der Waals surface area contributed by atoms with Crippen LogP contribution in [0.25, 0.3) is 0 Å². The summed E-state index contributed by atoms with van der Waals surface area (Å²) in [6, 6.07) is 17.0. The van der Waals surface area contributed by atoms with Crippen LogP contribution in [0.5, 0.6) is 5.75 Å². The van der Waals surface area contributed by atoms with Gasteiger partial charge in [-0.2, -0.15) is 0 Å². The molecular weight excluding hydrogens is 364 g/mol. The number of rotatable bonds is 8. The molecule has 154 valence electrons. The Morgan fingerprint density at radius 1 is 1.07 bits per heavy atom. The Labute approximate surface area is 173 Å². The van der Waals surface area contributed by atoms with Crippen molar-refractivity contribution in [2.45, 2.75) is 58.2 Å². The van der Waals surface area contributed by atoms with Gasteiger partial charge in [-0.25, -0.2) is 0 Å². The summed E-state index contributed by atoms with van der Waals surface area (Å²) < 4.78 is 5.68. The van der Waals surface area contributed by atoms with Crippen LogP contribution in [0.15, 0.2) is 54.6 Å². The molecule has 5 nitrogen and oxygen atoms in total. The van der Waals surface area contributed by atoms with Gasteiger partial charge in [0.25, 0.3) is 5.91 Å². The van der Waals surface area contributed by atoms with Crippen LogP contribution in [0.4, 0.5) is 0 Å². The van der Waals surface area contributed by atoms with E-state index in [1.54, 1.807) is 11.8 Å². The highest BCUT2D eigenvalue weighted by atomic mass is 16.5. The molecule has 3 rings (SSSR count). The van der Waals surface area contributed by atoms with E-state index >= 15 is 0 Å². The van der Waals surface area contributed by atoms with Crippen molar-refractivity contribution in [1.29, 1.82) is 0 Å². The van der Waals surface area contributed by atoms with Crippen molar-refractivity contribution in [3.63, 3.8) is 0 Å². The number of carbonyl (C=O) groups is 2. The Bertz CT molecular complexity index is 799. The molecule has 0 bridgehead atoms. The van der Waals surface area contributed by atoms with Gasteiger partial charge in [-0.05, 0) is 44.4 Å². The molecule has 2 aromatic rings. The maximum absolute atomic E-state index is 13.0. The van der Waals surface area contributed by atoms with Gasteiger partial charge in [-0.3, -0.25) is 9.59 Å². The number of hydrogen-bond acceptors (Lipinski definition) is 3. The highest BCUT2D eigenvalue weighted by Gasteiger charge is 2.28. The second-order valence-corrected chi connectivity index (χ2v) is 7.77. The van der Waals surface area contributed by atoms with E-state index in [9.17, 15) is 9.59 Å². The molecule has 0 aliphatic heterocycles. The van der Waals surface area contributed by atoms with Crippen LogP contribution < -0.4 is 10.1 Å². The topological polar surface area (TPSA) is 58.6 Å². The lowest BCUT2D eigenvalue weighted by Gasteiger charge is -2.29. The predicted octanol–water partition coefficient (Wildman–Crippen LogP) is 3.85. The van der Waals surface area contributed by atoms with Crippen LogP contribution >= 0.6 is 0 Å². The largest absolute Gasteiger partial charge is 0.484 e. The molecule has 1 fully saturated rings. The number of aryl methyl sites for hydroxylation is 1. The molecule has 0 saturated heterocycles. The average molecular weight is 395 g/mol. The van der Waals surface area contributed by atoms with Gasteiger partial charge in [0.1, 0.15) is 11.8 Å². The van der Waals surface area contributed by atoms with E-state index in [1.807, 2.05) is 61.5 Å². The lowest BCUT2D eigenvalue weighted by molar-refractivity contribution is -0.142. The number of carbonyl (C=O) groups excluding carboxylic acids is 2. The van der Waals surface area contributed by atoms with Gasteiger partial charge in [0.05, 0.1) is 0 Å². The molecule has 0 spiro atoms. The van der Waals surface area contributed by atoms with E-state index in [0.717, 1.165) is 36.8 Å². The van der Waals surface area contributed by atoms with E-state index in [-0.39, 0.29) is 24.5 Å². The van der Waals surface area contributed by atoms with Crippen molar-refractivity contribution >= 4 is 11.8 Å². The third-order valence-electron chi connectivity index (χ3n) is 5.45. The van der Waals surface area contributed by atoms with Crippen LogP contribution in [0.1, 0.15) is 43.7 Å². The fourth-order valence-corrected chi connectivity index (χ4v) is 3.62. The monoisotopic (exact) mass is 394 g/mol. The Morgan fingerprint density at radius 2 is 1.72 bits per heavy atom. The summed E-state index contributed by atoms with van der Waals surface area (Å²) in [6.07, 6.45) is 4.33. The first-order chi connectivity index (χ1) is 14.0. The summed E-state index contributed by atoms with van der Waals surface area (Å²) in [6.45, 7) is 4.06. The molecule has 0 unspecified atom stereocenters. The first-order valence-electron chi connectivity index (χ1n) is 10.4. The second-order valence-electron chi connectivity index (χ2n) is 7.77. The van der Waals surface area contributed by atoms with Gasteiger partial charge in [-0.1, -0.05) is 60.9 Å². The highest BCUT2D eigenvalue weighted by Crippen LogP contribution is 2.19. The fourth-order valence-electron chi connectivity index (χ4n) is 3.62. The molecule has 5 heteroatoms. The zero-order chi connectivity index (χ0) is 20.6. The zero-order valence-corrected chi connectivity index (χ0v) is 17.3. The van der Waals surface area contributed by atoms with Gasteiger partial charge < -0.3 is 15.0 Å². The summed E-state index contributed by atoms with van der Waals surface area (Å²) in [4.78, 5) is 27.4. The normalized spacial score (nSPS) is 15.0. The minimum Gasteiger partial charge on any atom is -0.484 e. The summed E-state index contributed by atoms with van der Waals surface area (Å²) >= 11 is 0. The lowest BCUT2D eigenvalue weighted by atomic mass is 10.1. The van der Waals surface area contributed by atoms with Crippen LogP contribution in [0.3, 0.4) is 0 Å². The minimum absolute atomic E-state index is 0.100. The SMILES string of the molecule is Cc1ccc(OCC(=O)N(Cc2ccccc2)[C@H](C)C(=O)NC2CCCC2)cc1. The number of hydrogen-bond donors (Lipinski definition) is 1. The van der Waals surface area contributed by atoms with Crippen molar-refractivity contribution in [3.05, 3.63) is 65.7 Å². The first kappa shape index (κ1) is 20.9.